The van der Waals surface area contributed by atoms with Crippen LogP contribution in [0.2, 0.25) is 0 Å². The van der Waals surface area contributed by atoms with Gasteiger partial charge in [-0.05, 0) is 43.2 Å². The lowest BCUT2D eigenvalue weighted by Gasteiger charge is -2.53. The second-order valence-corrected chi connectivity index (χ2v) is 15.7. The van der Waals surface area contributed by atoms with Crippen LogP contribution in [0.25, 0.3) is 0 Å². The number of aliphatic hydroxyl groups excluding tert-OH is 2. The number of phenolic OH excluding ortho intramolecular Hbond substituents is 2. The summed E-state index contributed by atoms with van der Waals surface area (Å²) in [4.78, 5) is 75.5. The zero-order valence-electron chi connectivity index (χ0n) is 33.4. The Labute approximate surface area is 343 Å². The summed E-state index contributed by atoms with van der Waals surface area (Å²) in [5, 5.41) is 62.0. The number of piperazine rings is 1. The second kappa shape index (κ2) is 14.9. The van der Waals surface area contributed by atoms with Gasteiger partial charge in [0.1, 0.15) is 29.8 Å². The summed E-state index contributed by atoms with van der Waals surface area (Å²) < 4.78 is 22.3. The molecule has 1 amide bonds. The van der Waals surface area contributed by atoms with Gasteiger partial charge in [-0.1, -0.05) is 24.3 Å². The highest BCUT2D eigenvalue weighted by atomic mass is 16.6. The fourth-order valence-electron chi connectivity index (χ4n) is 9.72. The van der Waals surface area contributed by atoms with Crippen LogP contribution < -0.4 is 10.2 Å². The highest BCUT2D eigenvalue weighted by Crippen LogP contribution is 2.56. The molecule has 3 aliphatic carbocycles. The smallest absolute Gasteiger partial charge is 0.258 e. The number of ether oxygens (including phenoxy) is 4. The van der Waals surface area contributed by atoms with E-state index < -0.39 is 123 Å². The Kier molecular flexibility index (Phi) is 10.2. The zero-order chi connectivity index (χ0) is 43.2. The summed E-state index contributed by atoms with van der Waals surface area (Å²) in [5.41, 5.74) is -8.68. The molecule has 3 aromatic rings. The number of fused-ring (bicyclic) bond motifs is 5. The van der Waals surface area contributed by atoms with Gasteiger partial charge in [0.2, 0.25) is 17.3 Å². The average Bonchev–Trinajstić information content (AvgIpc) is 3.22. The van der Waals surface area contributed by atoms with Crippen molar-refractivity contribution >= 4 is 34.7 Å². The molecule has 2 saturated heterocycles. The summed E-state index contributed by atoms with van der Waals surface area (Å²) in [5.74, 6) is -7.05. The van der Waals surface area contributed by atoms with Gasteiger partial charge in [-0.3, -0.25) is 24.0 Å². The number of phenols is 2. The van der Waals surface area contributed by atoms with E-state index in [1.165, 1.54) is 25.2 Å². The summed E-state index contributed by atoms with van der Waals surface area (Å²) in [6.45, 7) is 4.68. The largest absolute Gasteiger partial charge is 0.507 e. The number of ketones is 4. The molecule has 5 aliphatic rings. The molecule has 0 bridgehead atoms. The van der Waals surface area contributed by atoms with Crippen molar-refractivity contribution in [1.82, 2.24) is 10.2 Å². The van der Waals surface area contributed by atoms with E-state index in [4.69, 9.17) is 18.9 Å². The van der Waals surface area contributed by atoms with Crippen molar-refractivity contribution in [2.75, 3.05) is 52.4 Å². The SMILES string of the molecule is CO[C@@H]1[C@@H](O)[C@@H](OC)[C@@H](NC2=CC(=O)c3c(cc4c(c3O)C(=O)[C@]3(OC)[C@H](O)Cc5cc(C)c(C(=O)N6CCN(c7ccccc7)CC6)c(O)c5[C@]3(O)C4=O)C2=O)O[C@H]1C. The van der Waals surface area contributed by atoms with Crippen LogP contribution in [0.3, 0.4) is 0 Å². The molecule has 0 saturated carbocycles. The minimum absolute atomic E-state index is 0.0397. The topological polar surface area (TPSA) is 242 Å². The van der Waals surface area contributed by atoms with Crippen molar-refractivity contribution in [3.05, 3.63) is 98.7 Å². The normalized spacial score (nSPS) is 30.0. The molecule has 17 heteroatoms. The van der Waals surface area contributed by atoms with E-state index in [1.54, 1.807) is 13.8 Å². The number of rotatable bonds is 7. The number of aromatic hydroxyl groups is 2. The van der Waals surface area contributed by atoms with Gasteiger partial charge in [0, 0.05) is 82.4 Å². The number of allylic oxidation sites excluding steroid dienone is 2. The van der Waals surface area contributed by atoms with Gasteiger partial charge in [0.15, 0.2) is 23.2 Å². The minimum Gasteiger partial charge on any atom is -0.507 e. The maximum absolute atomic E-state index is 15.0. The monoisotopic (exact) mass is 827 g/mol. The van der Waals surface area contributed by atoms with Crippen molar-refractivity contribution in [3.8, 4) is 11.5 Å². The van der Waals surface area contributed by atoms with Gasteiger partial charge in [-0.2, -0.15) is 0 Å². The molecule has 6 N–H and O–H groups in total. The molecule has 0 radical (unpaired) electrons. The molecule has 8 atom stereocenters. The van der Waals surface area contributed by atoms with Crippen molar-refractivity contribution in [2.24, 2.45) is 0 Å². The van der Waals surface area contributed by atoms with Gasteiger partial charge >= 0.3 is 0 Å². The highest BCUT2D eigenvalue weighted by molar-refractivity contribution is 6.31. The number of Topliss-reactive ketones (excluding diaryl/α,β-unsaturated/α-hetero) is 3. The number of para-hydroxylation sites is 1. The molecule has 8 rings (SSSR count). The van der Waals surface area contributed by atoms with E-state index in [0.717, 1.165) is 24.9 Å². The van der Waals surface area contributed by atoms with Gasteiger partial charge in [0.05, 0.1) is 34.6 Å². The van der Waals surface area contributed by atoms with Gasteiger partial charge in [-0.25, -0.2) is 0 Å². The van der Waals surface area contributed by atoms with Crippen molar-refractivity contribution in [1.29, 1.82) is 0 Å². The van der Waals surface area contributed by atoms with Crippen LogP contribution in [0, 0.1) is 6.92 Å². The van der Waals surface area contributed by atoms with E-state index >= 15 is 4.79 Å². The summed E-state index contributed by atoms with van der Waals surface area (Å²) in [6.07, 6.45) is -6.54. The Balaban J connectivity index is 1.19. The van der Waals surface area contributed by atoms with Crippen LogP contribution in [-0.4, -0.2) is 149 Å². The van der Waals surface area contributed by atoms with E-state index in [2.05, 4.69) is 10.2 Å². The van der Waals surface area contributed by atoms with Gasteiger partial charge in [0.25, 0.3) is 5.91 Å². The van der Waals surface area contributed by atoms with Gasteiger partial charge < -0.3 is 59.6 Å². The molecule has 2 fully saturated rings. The number of hydrogen-bond acceptors (Lipinski definition) is 16. The minimum atomic E-state index is -3.23. The number of nitrogens with one attached hydrogen (secondary N) is 1. The maximum Gasteiger partial charge on any atom is 0.258 e. The predicted octanol–water partition coefficient (Wildman–Crippen LogP) is 0.926. The quantitative estimate of drug-likeness (QED) is 0.194. The Morgan fingerprint density at radius 2 is 1.55 bits per heavy atom. The van der Waals surface area contributed by atoms with Crippen LogP contribution in [0.4, 0.5) is 5.69 Å². The van der Waals surface area contributed by atoms with Crippen LogP contribution in [0.1, 0.15) is 75.4 Å². The van der Waals surface area contributed by atoms with Crippen LogP contribution in [0.5, 0.6) is 11.5 Å². The number of carbonyl (C=O) groups excluding carboxylic acids is 5. The second-order valence-electron chi connectivity index (χ2n) is 15.7. The van der Waals surface area contributed by atoms with Crippen LogP contribution in [-0.2, 0) is 31.0 Å². The number of aliphatic hydroxyl groups is 3. The number of anilines is 1. The highest BCUT2D eigenvalue weighted by Gasteiger charge is 2.72. The van der Waals surface area contributed by atoms with E-state index in [0.29, 0.717) is 13.1 Å². The van der Waals surface area contributed by atoms with E-state index in [-0.39, 0.29) is 35.5 Å². The number of carbonyl (C=O) groups is 5. The van der Waals surface area contributed by atoms with E-state index in [9.17, 15) is 44.7 Å². The third-order valence-corrected chi connectivity index (χ3v) is 12.7. The molecule has 60 heavy (non-hydrogen) atoms. The molecule has 3 aromatic carbocycles. The molecule has 0 spiro atoms. The number of benzene rings is 3. The molecule has 0 unspecified atom stereocenters. The number of amides is 1. The predicted molar refractivity (Wildman–Crippen MR) is 209 cm³/mol. The summed E-state index contributed by atoms with van der Waals surface area (Å²) in [6, 6.07) is 12.0. The Bertz CT molecular complexity index is 2380. The molecular formula is C43H45N3O14. The standard InChI is InChI=1S/C43H45N3O14/c1-19-15-21-16-27(48)43(59-5)39(54)30-24(17-23-29(33(30)50)26(47)18-25(32(23)49)44-40-37(58-4)35(52)36(57-3)20(2)60-40)38(53)42(43,56)31(21)34(51)28(19)41(55)46-13-11-45(12-14-46)22-9-7-6-8-10-22/h6-10,15,17-18,20,27,35-37,40,44,48,50-52,56H,11-14,16H2,1-5H3/t20-,27+,35+,36-,37+,40-,42-,43+/m0/s1. The lowest BCUT2D eigenvalue weighted by molar-refractivity contribution is -0.236. The molecule has 2 heterocycles. The average molecular weight is 828 g/mol. The molecular weight excluding hydrogens is 782 g/mol. The first-order valence-corrected chi connectivity index (χ1v) is 19.4. The van der Waals surface area contributed by atoms with Gasteiger partial charge in [-0.15, -0.1) is 0 Å². The number of hydrogen-bond donors (Lipinski definition) is 6. The molecule has 2 aliphatic heterocycles. The van der Waals surface area contributed by atoms with Crippen molar-refractivity contribution in [3.63, 3.8) is 0 Å². The maximum atomic E-state index is 15.0. The molecule has 0 aromatic heterocycles. The number of nitrogens with zero attached hydrogens (tertiary/aromatic N) is 2. The molecule has 316 valence electrons. The van der Waals surface area contributed by atoms with Crippen molar-refractivity contribution < 1.29 is 68.5 Å². The Morgan fingerprint density at radius 1 is 0.883 bits per heavy atom. The first kappa shape index (κ1) is 41.2. The fraction of sp³-hybridized carbons (Fsp3) is 0.419. The van der Waals surface area contributed by atoms with Crippen molar-refractivity contribution in [2.45, 2.75) is 68.2 Å². The third kappa shape index (κ3) is 5.68. The lowest BCUT2D eigenvalue weighted by atomic mass is 9.56. The van der Waals surface area contributed by atoms with Crippen LogP contribution >= 0.6 is 0 Å². The Morgan fingerprint density at radius 3 is 2.18 bits per heavy atom. The lowest BCUT2D eigenvalue weighted by Crippen LogP contribution is -2.73. The Hall–Kier alpha value is -5.53. The van der Waals surface area contributed by atoms with Crippen LogP contribution in [0.15, 0.2) is 54.2 Å². The third-order valence-electron chi connectivity index (χ3n) is 12.7. The van der Waals surface area contributed by atoms with E-state index in [1.807, 2.05) is 30.3 Å². The summed E-state index contributed by atoms with van der Waals surface area (Å²) in [7, 11) is 3.64. The first-order valence-electron chi connectivity index (χ1n) is 19.4. The number of methoxy groups -OCH3 is 3. The zero-order valence-corrected chi connectivity index (χ0v) is 33.4. The first-order chi connectivity index (χ1) is 28.6. The summed E-state index contributed by atoms with van der Waals surface area (Å²) >= 11 is 0. The fourth-order valence-corrected chi connectivity index (χ4v) is 9.72. The molecule has 17 nitrogen and oxygen atoms in total. The number of aryl methyl sites for hydroxylation is 1.